The minimum atomic E-state index is -0.136. The molecule has 2 aromatic heterocycles. The number of amides is 1. The lowest BCUT2D eigenvalue weighted by molar-refractivity contribution is 0.102. The fraction of sp³-hybridized carbons (Fsp3) is 0.125. The standard InChI is InChI=1S/C16H13ClN2OS2/c1-9-3-4-11(10(2)7-9)15(20)19-16-18-12(8-21-16)13-5-6-14(17)22-13/h3-8H,1-2H3,(H,18,19,20). The number of carbonyl (C=O) groups is 1. The Bertz CT molecular complexity index is 838. The second-order valence-electron chi connectivity index (χ2n) is 4.91. The number of thiazole rings is 1. The Balaban J connectivity index is 1.79. The molecule has 3 nitrogen and oxygen atoms in total. The van der Waals surface area contributed by atoms with Crippen LogP contribution in [-0.4, -0.2) is 10.9 Å². The van der Waals surface area contributed by atoms with Crippen molar-refractivity contribution in [2.45, 2.75) is 13.8 Å². The number of thiophene rings is 1. The van der Waals surface area contributed by atoms with Crippen LogP contribution in [0.4, 0.5) is 5.13 Å². The van der Waals surface area contributed by atoms with Crippen LogP contribution in [0.2, 0.25) is 4.34 Å². The molecular formula is C16H13ClN2OS2. The average molecular weight is 349 g/mol. The number of rotatable bonds is 3. The first-order valence-corrected chi connectivity index (χ1v) is 8.70. The zero-order chi connectivity index (χ0) is 15.7. The molecule has 1 aromatic carbocycles. The molecule has 0 saturated heterocycles. The summed E-state index contributed by atoms with van der Waals surface area (Å²) in [7, 11) is 0. The lowest BCUT2D eigenvalue weighted by Gasteiger charge is -2.06. The third-order valence-corrected chi connectivity index (χ3v) is 5.19. The Kier molecular flexibility index (Phi) is 4.29. The van der Waals surface area contributed by atoms with Gasteiger partial charge in [-0.05, 0) is 37.6 Å². The SMILES string of the molecule is Cc1ccc(C(=O)Nc2nc(-c3ccc(Cl)s3)cs2)c(C)c1. The highest BCUT2D eigenvalue weighted by atomic mass is 35.5. The quantitative estimate of drug-likeness (QED) is 0.689. The first kappa shape index (κ1) is 15.2. The second kappa shape index (κ2) is 6.20. The van der Waals surface area contributed by atoms with E-state index in [0.717, 1.165) is 26.0 Å². The zero-order valence-corrected chi connectivity index (χ0v) is 14.4. The van der Waals surface area contributed by atoms with Crippen molar-refractivity contribution in [3.8, 4) is 10.6 Å². The van der Waals surface area contributed by atoms with Crippen LogP contribution in [0.15, 0.2) is 35.7 Å². The van der Waals surface area contributed by atoms with Crippen LogP contribution in [0, 0.1) is 13.8 Å². The highest BCUT2D eigenvalue weighted by Crippen LogP contribution is 2.33. The fourth-order valence-corrected chi connectivity index (χ4v) is 3.91. The highest BCUT2D eigenvalue weighted by molar-refractivity contribution is 7.20. The maximum Gasteiger partial charge on any atom is 0.257 e. The van der Waals surface area contributed by atoms with Gasteiger partial charge in [-0.3, -0.25) is 10.1 Å². The maximum absolute atomic E-state index is 12.3. The van der Waals surface area contributed by atoms with Gasteiger partial charge in [0.1, 0.15) is 0 Å². The van der Waals surface area contributed by atoms with Crippen LogP contribution in [0.3, 0.4) is 0 Å². The van der Waals surface area contributed by atoms with Crippen molar-refractivity contribution in [2.24, 2.45) is 0 Å². The van der Waals surface area contributed by atoms with E-state index in [1.165, 1.54) is 22.7 Å². The van der Waals surface area contributed by atoms with Crippen molar-refractivity contribution < 1.29 is 4.79 Å². The molecule has 0 spiro atoms. The van der Waals surface area contributed by atoms with E-state index in [-0.39, 0.29) is 5.91 Å². The molecule has 112 valence electrons. The Morgan fingerprint density at radius 2 is 2.05 bits per heavy atom. The van der Waals surface area contributed by atoms with Gasteiger partial charge in [-0.2, -0.15) is 0 Å². The fourth-order valence-electron chi connectivity index (χ4n) is 2.13. The van der Waals surface area contributed by atoms with Crippen molar-refractivity contribution in [3.63, 3.8) is 0 Å². The number of aromatic nitrogens is 1. The van der Waals surface area contributed by atoms with Gasteiger partial charge in [0.05, 0.1) is 14.9 Å². The summed E-state index contributed by atoms with van der Waals surface area (Å²) in [6.45, 7) is 3.94. The highest BCUT2D eigenvalue weighted by Gasteiger charge is 2.12. The van der Waals surface area contributed by atoms with Crippen LogP contribution in [-0.2, 0) is 0 Å². The van der Waals surface area contributed by atoms with E-state index in [4.69, 9.17) is 11.6 Å². The van der Waals surface area contributed by atoms with Gasteiger partial charge in [0.2, 0.25) is 0 Å². The Labute approximate surface area is 141 Å². The van der Waals surface area contributed by atoms with Gasteiger partial charge >= 0.3 is 0 Å². The molecule has 1 amide bonds. The van der Waals surface area contributed by atoms with Crippen molar-refractivity contribution in [2.75, 3.05) is 5.32 Å². The number of carbonyl (C=O) groups excluding carboxylic acids is 1. The summed E-state index contributed by atoms with van der Waals surface area (Å²) in [4.78, 5) is 17.8. The van der Waals surface area contributed by atoms with Crippen molar-refractivity contribution in [3.05, 3.63) is 56.7 Å². The number of halogens is 1. The van der Waals surface area contributed by atoms with Gasteiger partial charge in [0.15, 0.2) is 5.13 Å². The molecule has 1 N–H and O–H groups in total. The molecule has 0 unspecified atom stereocenters. The monoisotopic (exact) mass is 348 g/mol. The molecule has 0 radical (unpaired) electrons. The Hall–Kier alpha value is -1.69. The minimum Gasteiger partial charge on any atom is -0.298 e. The molecule has 3 rings (SSSR count). The molecule has 0 aliphatic rings. The van der Waals surface area contributed by atoms with Gasteiger partial charge in [0.25, 0.3) is 5.91 Å². The van der Waals surface area contributed by atoms with E-state index in [9.17, 15) is 4.79 Å². The average Bonchev–Trinajstić information content (AvgIpc) is 3.07. The Morgan fingerprint density at radius 1 is 1.23 bits per heavy atom. The van der Waals surface area contributed by atoms with E-state index in [0.29, 0.717) is 10.7 Å². The van der Waals surface area contributed by atoms with Crippen molar-refractivity contribution >= 4 is 45.3 Å². The number of nitrogens with one attached hydrogen (secondary N) is 1. The van der Waals surface area contributed by atoms with Gasteiger partial charge < -0.3 is 0 Å². The zero-order valence-electron chi connectivity index (χ0n) is 12.0. The topological polar surface area (TPSA) is 42.0 Å². The molecule has 6 heteroatoms. The van der Waals surface area contributed by atoms with Gasteiger partial charge in [-0.1, -0.05) is 29.3 Å². The number of nitrogens with zero attached hydrogens (tertiary/aromatic N) is 1. The molecule has 0 bridgehead atoms. The van der Waals surface area contributed by atoms with Crippen LogP contribution < -0.4 is 5.32 Å². The van der Waals surface area contributed by atoms with Crippen LogP contribution in [0.1, 0.15) is 21.5 Å². The summed E-state index contributed by atoms with van der Waals surface area (Å²) in [5.74, 6) is -0.136. The van der Waals surface area contributed by atoms with Crippen LogP contribution in [0.5, 0.6) is 0 Å². The summed E-state index contributed by atoms with van der Waals surface area (Å²) in [6, 6.07) is 9.54. The largest absolute Gasteiger partial charge is 0.298 e. The second-order valence-corrected chi connectivity index (χ2v) is 7.49. The van der Waals surface area contributed by atoms with Gasteiger partial charge in [0, 0.05) is 10.9 Å². The lowest BCUT2D eigenvalue weighted by Crippen LogP contribution is -2.13. The number of hydrogen-bond donors (Lipinski definition) is 1. The van der Waals surface area contributed by atoms with Gasteiger partial charge in [-0.15, -0.1) is 22.7 Å². The van der Waals surface area contributed by atoms with Crippen LogP contribution >= 0.6 is 34.3 Å². The molecular weight excluding hydrogens is 336 g/mol. The molecule has 2 heterocycles. The maximum atomic E-state index is 12.3. The van der Waals surface area contributed by atoms with Crippen LogP contribution in [0.25, 0.3) is 10.6 Å². The normalized spacial score (nSPS) is 10.7. The summed E-state index contributed by atoms with van der Waals surface area (Å²) < 4.78 is 0.726. The predicted octanol–water partition coefficient (Wildman–Crippen LogP) is 5.39. The molecule has 0 aliphatic carbocycles. The first-order valence-electron chi connectivity index (χ1n) is 6.63. The lowest BCUT2D eigenvalue weighted by atomic mass is 10.1. The number of aryl methyl sites for hydroxylation is 2. The first-order chi connectivity index (χ1) is 10.5. The summed E-state index contributed by atoms with van der Waals surface area (Å²) in [5.41, 5.74) is 3.60. The number of hydrogen-bond acceptors (Lipinski definition) is 4. The molecule has 0 aliphatic heterocycles. The third kappa shape index (κ3) is 3.21. The van der Waals surface area contributed by atoms with E-state index in [1.54, 1.807) is 0 Å². The van der Waals surface area contributed by atoms with Crippen molar-refractivity contribution in [1.29, 1.82) is 0 Å². The molecule has 22 heavy (non-hydrogen) atoms. The van der Waals surface area contributed by atoms with Gasteiger partial charge in [-0.25, -0.2) is 4.98 Å². The summed E-state index contributed by atoms with van der Waals surface area (Å²) in [6.07, 6.45) is 0. The molecule has 0 saturated carbocycles. The molecule has 0 atom stereocenters. The molecule has 0 fully saturated rings. The summed E-state index contributed by atoms with van der Waals surface area (Å²) in [5, 5.41) is 5.36. The van der Waals surface area contributed by atoms with E-state index in [1.807, 2.05) is 49.6 Å². The summed E-state index contributed by atoms with van der Waals surface area (Å²) >= 11 is 8.81. The Morgan fingerprint density at radius 3 is 2.73 bits per heavy atom. The number of benzene rings is 1. The third-order valence-electron chi connectivity index (χ3n) is 3.18. The minimum absolute atomic E-state index is 0.136. The predicted molar refractivity (Wildman–Crippen MR) is 94.3 cm³/mol. The molecule has 3 aromatic rings. The van der Waals surface area contributed by atoms with Crippen molar-refractivity contribution in [1.82, 2.24) is 4.98 Å². The smallest absolute Gasteiger partial charge is 0.257 e. The van der Waals surface area contributed by atoms with E-state index < -0.39 is 0 Å². The number of anilines is 1. The van der Waals surface area contributed by atoms with E-state index >= 15 is 0 Å². The van der Waals surface area contributed by atoms with E-state index in [2.05, 4.69) is 10.3 Å².